The van der Waals surface area contributed by atoms with Crippen molar-refractivity contribution in [2.24, 2.45) is 0 Å². The van der Waals surface area contributed by atoms with E-state index < -0.39 is 36.2 Å². The Morgan fingerprint density at radius 2 is 1.69 bits per heavy atom. The summed E-state index contributed by atoms with van der Waals surface area (Å²) >= 11 is 0. The van der Waals surface area contributed by atoms with Crippen molar-refractivity contribution in [2.45, 2.75) is 50.5 Å². The van der Waals surface area contributed by atoms with Gasteiger partial charge in [-0.25, -0.2) is 4.98 Å². The van der Waals surface area contributed by atoms with Crippen LogP contribution in [0.1, 0.15) is 52.8 Å². The van der Waals surface area contributed by atoms with Gasteiger partial charge in [0, 0.05) is 0 Å². The lowest BCUT2D eigenvalue weighted by atomic mass is 9.92. The number of hydrogen-bond donors (Lipinski definition) is 1. The zero-order chi connectivity index (χ0) is 25.9. The first-order valence-corrected chi connectivity index (χ1v) is 11.0. The molecule has 2 aromatic carbocycles. The first-order valence-electron chi connectivity index (χ1n) is 11.0. The quantitative estimate of drug-likeness (QED) is 0.436. The summed E-state index contributed by atoms with van der Waals surface area (Å²) in [5.41, 5.74) is -2.09. The molecule has 0 spiro atoms. The molecule has 0 amide bonds. The predicted molar refractivity (Wildman–Crippen MR) is 115 cm³/mol. The van der Waals surface area contributed by atoms with E-state index in [4.69, 9.17) is 10.00 Å². The molecule has 2 heterocycles. The molecule has 0 aliphatic carbocycles. The Kier molecular flexibility index (Phi) is 7.33. The van der Waals surface area contributed by atoms with Crippen LogP contribution in [0, 0.1) is 11.3 Å². The monoisotopic (exact) mass is 509 g/mol. The molecule has 0 bridgehead atoms. The number of aromatic nitrogens is 3. The fraction of sp³-hybridized carbons (Fsp3) is 0.375. The first kappa shape index (κ1) is 25.7. The number of piperidine rings is 1. The summed E-state index contributed by atoms with van der Waals surface area (Å²) < 4.78 is 85.5. The third-order valence-electron chi connectivity index (χ3n) is 5.91. The molecule has 12 heteroatoms. The van der Waals surface area contributed by atoms with Crippen LogP contribution >= 0.6 is 0 Å². The van der Waals surface area contributed by atoms with Crippen molar-refractivity contribution in [1.29, 1.82) is 5.26 Å². The average molecular weight is 509 g/mol. The highest BCUT2D eigenvalue weighted by Crippen LogP contribution is 2.38. The van der Waals surface area contributed by atoms with Gasteiger partial charge >= 0.3 is 12.4 Å². The number of hydrogen-bond acceptors (Lipinski definition) is 5. The summed E-state index contributed by atoms with van der Waals surface area (Å²) in [5, 5.41) is 15.6. The number of H-pyrrole nitrogens is 1. The van der Waals surface area contributed by atoms with E-state index in [0.29, 0.717) is 37.3 Å². The van der Waals surface area contributed by atoms with Gasteiger partial charge in [-0.1, -0.05) is 30.3 Å². The molecule has 2 atom stereocenters. The van der Waals surface area contributed by atoms with Crippen LogP contribution in [0.5, 0.6) is 0 Å². The molecular weight excluding hydrogens is 488 g/mol. The molecule has 36 heavy (non-hydrogen) atoms. The molecule has 4 rings (SSSR count). The number of likely N-dealkylation sites (tertiary alicyclic amines) is 1. The summed E-state index contributed by atoms with van der Waals surface area (Å²) in [6, 6.07) is 12.3. The van der Waals surface area contributed by atoms with E-state index in [-0.39, 0.29) is 30.0 Å². The summed E-state index contributed by atoms with van der Waals surface area (Å²) in [6.07, 6.45) is -9.13. The highest BCUT2D eigenvalue weighted by molar-refractivity contribution is 5.33. The van der Waals surface area contributed by atoms with Crippen molar-refractivity contribution in [3.05, 3.63) is 82.4 Å². The fourth-order valence-corrected chi connectivity index (χ4v) is 4.36. The van der Waals surface area contributed by atoms with Crippen molar-refractivity contribution >= 4 is 0 Å². The lowest BCUT2D eigenvalue weighted by Crippen LogP contribution is -2.42. The number of halogens is 6. The van der Waals surface area contributed by atoms with Gasteiger partial charge in [-0.2, -0.15) is 36.7 Å². The Balaban J connectivity index is 1.60. The number of ether oxygens (including phenoxy) is 1. The normalized spacial score (nSPS) is 19.2. The summed E-state index contributed by atoms with van der Waals surface area (Å²) in [6.45, 7) is 0.491. The van der Waals surface area contributed by atoms with Crippen LogP contribution in [0.3, 0.4) is 0 Å². The van der Waals surface area contributed by atoms with Crippen LogP contribution in [-0.2, 0) is 30.2 Å². The second-order valence-electron chi connectivity index (χ2n) is 8.44. The Morgan fingerprint density at radius 3 is 2.28 bits per heavy atom. The molecule has 6 nitrogen and oxygen atoms in total. The Morgan fingerprint density at radius 1 is 1.03 bits per heavy atom. The Labute approximate surface area is 202 Å². The third kappa shape index (κ3) is 6.03. The Bertz CT molecular complexity index is 1190. The van der Waals surface area contributed by atoms with Crippen molar-refractivity contribution in [1.82, 2.24) is 20.1 Å². The maximum Gasteiger partial charge on any atom is 0.416 e. The number of nitriles is 1. The molecule has 1 saturated heterocycles. The molecule has 0 radical (unpaired) electrons. The van der Waals surface area contributed by atoms with Crippen LogP contribution in [-0.4, -0.2) is 32.7 Å². The molecule has 1 aromatic heterocycles. The summed E-state index contributed by atoms with van der Waals surface area (Å²) in [4.78, 5) is 6.14. The van der Waals surface area contributed by atoms with Crippen LogP contribution in [0.2, 0.25) is 0 Å². The van der Waals surface area contributed by atoms with Gasteiger partial charge in [-0.05, 0) is 48.7 Å². The topological polar surface area (TPSA) is 77.8 Å². The zero-order valence-corrected chi connectivity index (χ0v) is 18.8. The maximum absolute atomic E-state index is 13.3. The SMILES string of the molecule is N#Cc1nc(CN2CCC[C@@H](OCc3cc(C(F)(F)F)cc(C(F)(F)F)c3)[C@H]2c2ccccc2)n[nH]1. The summed E-state index contributed by atoms with van der Waals surface area (Å²) in [7, 11) is 0. The molecule has 1 aliphatic heterocycles. The number of nitrogens with one attached hydrogen (secondary N) is 1. The van der Waals surface area contributed by atoms with Crippen molar-refractivity contribution in [3.8, 4) is 6.07 Å². The standard InChI is InChI=1S/C24H21F6N5O/c25-23(26,27)17-9-15(10-18(11-17)24(28,29)30)14-36-19-7-4-8-35(13-21-32-20(12-31)33-34-21)22(19)16-5-2-1-3-6-16/h1-3,5-6,9-11,19,22H,4,7-8,13-14H2,(H,32,33,34)/t19-,22-/m1/s1. The van der Waals surface area contributed by atoms with Gasteiger partial charge < -0.3 is 4.74 Å². The predicted octanol–water partition coefficient (Wildman–Crippen LogP) is 5.64. The second kappa shape index (κ2) is 10.3. The van der Waals surface area contributed by atoms with E-state index in [9.17, 15) is 26.3 Å². The van der Waals surface area contributed by atoms with Crippen LogP contribution in [0.15, 0.2) is 48.5 Å². The maximum atomic E-state index is 13.3. The Hall–Kier alpha value is -3.43. The summed E-state index contributed by atoms with van der Waals surface area (Å²) in [5.74, 6) is 0.455. The molecule has 1 N–H and O–H groups in total. The van der Waals surface area contributed by atoms with Gasteiger partial charge in [-0.3, -0.25) is 10.00 Å². The molecule has 0 saturated carbocycles. The minimum Gasteiger partial charge on any atom is -0.372 e. The lowest BCUT2D eigenvalue weighted by molar-refractivity contribution is -0.143. The molecule has 3 aromatic rings. The molecular formula is C24H21F6N5O. The van der Waals surface area contributed by atoms with Gasteiger partial charge in [0.05, 0.1) is 36.4 Å². The van der Waals surface area contributed by atoms with Crippen LogP contribution < -0.4 is 0 Å². The minimum absolute atomic E-state index is 0.0658. The second-order valence-corrected chi connectivity index (χ2v) is 8.44. The zero-order valence-electron chi connectivity index (χ0n) is 18.8. The lowest BCUT2D eigenvalue weighted by Gasteiger charge is -2.41. The molecule has 0 unspecified atom stereocenters. The van der Waals surface area contributed by atoms with E-state index in [1.54, 1.807) is 0 Å². The van der Waals surface area contributed by atoms with Gasteiger partial charge in [0.25, 0.3) is 0 Å². The van der Waals surface area contributed by atoms with E-state index in [0.717, 1.165) is 5.56 Å². The van der Waals surface area contributed by atoms with Gasteiger partial charge in [0.1, 0.15) is 6.07 Å². The average Bonchev–Trinajstić information content (AvgIpc) is 3.29. The van der Waals surface area contributed by atoms with Crippen LogP contribution in [0.4, 0.5) is 26.3 Å². The smallest absolute Gasteiger partial charge is 0.372 e. The van der Waals surface area contributed by atoms with E-state index in [1.807, 2.05) is 41.3 Å². The number of nitrogens with zero attached hydrogens (tertiary/aromatic N) is 4. The number of aromatic amines is 1. The number of alkyl halides is 6. The fourth-order valence-electron chi connectivity index (χ4n) is 4.36. The third-order valence-corrected chi connectivity index (χ3v) is 5.91. The molecule has 190 valence electrons. The largest absolute Gasteiger partial charge is 0.416 e. The first-order chi connectivity index (χ1) is 17.0. The number of benzene rings is 2. The van der Waals surface area contributed by atoms with E-state index >= 15 is 0 Å². The highest BCUT2D eigenvalue weighted by atomic mass is 19.4. The minimum atomic E-state index is -4.93. The van der Waals surface area contributed by atoms with Crippen molar-refractivity contribution in [3.63, 3.8) is 0 Å². The highest BCUT2D eigenvalue weighted by Gasteiger charge is 2.38. The molecule has 1 aliphatic rings. The van der Waals surface area contributed by atoms with Gasteiger partial charge in [0.15, 0.2) is 5.82 Å². The van der Waals surface area contributed by atoms with Gasteiger partial charge in [-0.15, -0.1) is 0 Å². The number of rotatable bonds is 6. The van der Waals surface area contributed by atoms with Crippen LogP contribution in [0.25, 0.3) is 0 Å². The van der Waals surface area contributed by atoms with Crippen molar-refractivity contribution in [2.75, 3.05) is 6.54 Å². The van der Waals surface area contributed by atoms with E-state index in [1.165, 1.54) is 0 Å². The van der Waals surface area contributed by atoms with Gasteiger partial charge in [0.2, 0.25) is 5.82 Å². The van der Waals surface area contributed by atoms with Crippen molar-refractivity contribution < 1.29 is 31.1 Å². The van der Waals surface area contributed by atoms with E-state index in [2.05, 4.69) is 15.2 Å². The molecule has 1 fully saturated rings.